The molecule has 0 aliphatic carbocycles. The summed E-state index contributed by atoms with van der Waals surface area (Å²) in [6.45, 7) is 2.46. The zero-order valence-electron chi connectivity index (χ0n) is 11.8. The van der Waals surface area contributed by atoms with E-state index in [1.807, 2.05) is 29.2 Å². The van der Waals surface area contributed by atoms with Crippen LogP contribution in [-0.2, 0) is 20.0 Å². The lowest BCUT2D eigenvalue weighted by molar-refractivity contribution is 0.632. The number of imidazole rings is 1. The van der Waals surface area contributed by atoms with Crippen LogP contribution in [0.2, 0.25) is 0 Å². The number of aromatic nitrogens is 5. The van der Waals surface area contributed by atoms with Gasteiger partial charge in [0.1, 0.15) is 23.5 Å². The van der Waals surface area contributed by atoms with E-state index in [1.165, 1.54) is 6.07 Å². The minimum atomic E-state index is -0.330. The van der Waals surface area contributed by atoms with Crippen molar-refractivity contribution in [2.24, 2.45) is 7.05 Å². The van der Waals surface area contributed by atoms with Gasteiger partial charge in [0, 0.05) is 20.0 Å². The molecule has 2 heterocycles. The Balaban J connectivity index is 2.01. The minimum Gasteiger partial charge on any atom is -0.326 e. The quantitative estimate of drug-likeness (QED) is 0.696. The number of para-hydroxylation sites is 1. The van der Waals surface area contributed by atoms with Crippen molar-refractivity contribution < 1.29 is 4.39 Å². The van der Waals surface area contributed by atoms with E-state index in [2.05, 4.69) is 15.2 Å². The number of halogens is 2. The lowest BCUT2D eigenvalue weighted by Crippen LogP contribution is -2.09. The highest BCUT2D eigenvalue weighted by atomic mass is 35.5. The van der Waals surface area contributed by atoms with Crippen LogP contribution in [0.5, 0.6) is 0 Å². The summed E-state index contributed by atoms with van der Waals surface area (Å²) in [7, 11) is 1.89. The Kier molecular flexibility index (Phi) is 3.63. The molecule has 21 heavy (non-hydrogen) atoms. The van der Waals surface area contributed by atoms with E-state index >= 15 is 0 Å². The van der Waals surface area contributed by atoms with E-state index in [9.17, 15) is 4.39 Å². The largest absolute Gasteiger partial charge is 0.326 e. The van der Waals surface area contributed by atoms with Crippen LogP contribution in [0.3, 0.4) is 0 Å². The third-order valence-corrected chi connectivity index (χ3v) is 3.67. The van der Waals surface area contributed by atoms with E-state index in [0.29, 0.717) is 24.3 Å². The fourth-order valence-corrected chi connectivity index (χ4v) is 2.58. The molecule has 1 atom stereocenters. The van der Waals surface area contributed by atoms with Crippen LogP contribution < -0.4 is 0 Å². The van der Waals surface area contributed by atoms with Crippen LogP contribution in [0.15, 0.2) is 24.5 Å². The first-order valence-corrected chi connectivity index (χ1v) is 7.13. The topological polar surface area (TPSA) is 48.5 Å². The van der Waals surface area contributed by atoms with E-state index in [-0.39, 0.29) is 11.2 Å². The van der Waals surface area contributed by atoms with Crippen LogP contribution in [0.25, 0.3) is 11.0 Å². The van der Waals surface area contributed by atoms with Crippen LogP contribution in [0.1, 0.15) is 23.9 Å². The summed E-state index contributed by atoms with van der Waals surface area (Å²) in [5.41, 5.74) is 1.11. The van der Waals surface area contributed by atoms with Gasteiger partial charge >= 0.3 is 0 Å². The van der Waals surface area contributed by atoms with Gasteiger partial charge in [0.2, 0.25) is 0 Å². The van der Waals surface area contributed by atoms with E-state index in [0.717, 1.165) is 11.3 Å². The maximum atomic E-state index is 13.9. The lowest BCUT2D eigenvalue weighted by atomic mass is 10.3. The van der Waals surface area contributed by atoms with Crippen molar-refractivity contribution in [1.82, 2.24) is 24.3 Å². The van der Waals surface area contributed by atoms with Crippen molar-refractivity contribution in [3.05, 3.63) is 42.0 Å². The van der Waals surface area contributed by atoms with Crippen molar-refractivity contribution in [2.45, 2.75) is 25.3 Å². The van der Waals surface area contributed by atoms with Gasteiger partial charge in [0.25, 0.3) is 0 Å². The molecule has 0 saturated carbocycles. The van der Waals surface area contributed by atoms with Gasteiger partial charge in [-0.15, -0.1) is 21.8 Å². The third kappa shape index (κ3) is 2.51. The average Bonchev–Trinajstić information content (AvgIpc) is 3.01. The molecule has 0 fully saturated rings. The predicted octanol–water partition coefficient (Wildman–Crippen LogP) is 2.85. The maximum absolute atomic E-state index is 13.9. The molecule has 3 rings (SSSR count). The van der Waals surface area contributed by atoms with Gasteiger partial charge in [-0.3, -0.25) is 0 Å². The van der Waals surface area contributed by atoms with Gasteiger partial charge in [-0.25, -0.2) is 9.37 Å². The second-order valence-electron chi connectivity index (χ2n) is 4.95. The minimum absolute atomic E-state index is 0.295. The molecule has 1 unspecified atom stereocenters. The van der Waals surface area contributed by atoms with Gasteiger partial charge in [0.05, 0.1) is 10.9 Å². The molecule has 0 radical (unpaired) electrons. The smallest absolute Gasteiger partial charge is 0.151 e. The lowest BCUT2D eigenvalue weighted by Gasteiger charge is -2.10. The summed E-state index contributed by atoms with van der Waals surface area (Å²) in [6.07, 6.45) is 2.33. The van der Waals surface area contributed by atoms with Crippen molar-refractivity contribution in [2.75, 3.05) is 0 Å². The molecule has 0 bridgehead atoms. The van der Waals surface area contributed by atoms with Gasteiger partial charge in [-0.05, 0) is 19.1 Å². The first-order chi connectivity index (χ1) is 10.1. The number of alkyl halides is 1. The standard InChI is InChI=1S/C14H15ClFN5/c1-9(15)14-18-13-10(16)4-3-5-11(13)21(14)7-6-12-19-17-8-20(12)2/h3-5,8-9H,6-7H2,1-2H3. The number of hydrogen-bond donors (Lipinski definition) is 0. The number of benzene rings is 1. The van der Waals surface area contributed by atoms with Crippen LogP contribution in [-0.4, -0.2) is 24.3 Å². The fraction of sp³-hybridized carbons (Fsp3) is 0.357. The molecule has 1 aromatic carbocycles. The summed E-state index contributed by atoms with van der Waals surface area (Å²) in [4.78, 5) is 4.35. The van der Waals surface area contributed by atoms with Gasteiger partial charge in [-0.2, -0.15) is 0 Å². The number of nitrogens with zero attached hydrogens (tertiary/aromatic N) is 5. The zero-order valence-corrected chi connectivity index (χ0v) is 12.5. The van der Waals surface area contributed by atoms with E-state index in [4.69, 9.17) is 11.6 Å². The Morgan fingerprint density at radius 3 is 2.86 bits per heavy atom. The molecular weight excluding hydrogens is 293 g/mol. The van der Waals surface area contributed by atoms with E-state index in [1.54, 1.807) is 12.4 Å². The highest BCUT2D eigenvalue weighted by Gasteiger charge is 2.17. The first kappa shape index (κ1) is 14.0. The SMILES string of the molecule is CC(Cl)c1nc2c(F)cccc2n1CCc1nncn1C. The summed E-state index contributed by atoms with van der Waals surface area (Å²) >= 11 is 6.19. The number of fused-ring (bicyclic) bond motifs is 1. The predicted molar refractivity (Wildman–Crippen MR) is 78.7 cm³/mol. The second kappa shape index (κ2) is 5.44. The Morgan fingerprint density at radius 1 is 1.38 bits per heavy atom. The van der Waals surface area contributed by atoms with Crippen LogP contribution >= 0.6 is 11.6 Å². The molecule has 0 aliphatic rings. The first-order valence-electron chi connectivity index (χ1n) is 6.69. The Hall–Kier alpha value is -1.95. The Bertz CT molecular complexity index is 777. The van der Waals surface area contributed by atoms with Gasteiger partial charge in [0.15, 0.2) is 5.82 Å². The van der Waals surface area contributed by atoms with Gasteiger partial charge in [-0.1, -0.05) is 6.07 Å². The molecule has 0 N–H and O–H groups in total. The number of hydrogen-bond acceptors (Lipinski definition) is 3. The Morgan fingerprint density at radius 2 is 2.19 bits per heavy atom. The molecular formula is C14H15ClFN5. The highest BCUT2D eigenvalue weighted by Crippen LogP contribution is 2.26. The third-order valence-electron chi connectivity index (χ3n) is 3.48. The van der Waals surface area contributed by atoms with E-state index < -0.39 is 0 Å². The molecule has 3 aromatic rings. The van der Waals surface area contributed by atoms with Crippen LogP contribution in [0, 0.1) is 5.82 Å². The Labute approximate surface area is 126 Å². The zero-order chi connectivity index (χ0) is 15.0. The summed E-state index contributed by atoms with van der Waals surface area (Å²) in [6, 6.07) is 4.94. The number of aryl methyl sites for hydroxylation is 3. The maximum Gasteiger partial charge on any atom is 0.151 e. The van der Waals surface area contributed by atoms with Crippen LogP contribution in [0.4, 0.5) is 4.39 Å². The monoisotopic (exact) mass is 307 g/mol. The second-order valence-corrected chi connectivity index (χ2v) is 5.61. The summed E-state index contributed by atoms with van der Waals surface area (Å²) < 4.78 is 17.7. The average molecular weight is 308 g/mol. The molecule has 0 aliphatic heterocycles. The van der Waals surface area contributed by atoms with Crippen molar-refractivity contribution in [1.29, 1.82) is 0 Å². The molecule has 0 saturated heterocycles. The summed E-state index contributed by atoms with van der Waals surface area (Å²) in [5, 5.41) is 7.62. The molecule has 5 nitrogen and oxygen atoms in total. The summed E-state index contributed by atoms with van der Waals surface area (Å²) in [5.74, 6) is 1.20. The molecule has 2 aromatic heterocycles. The highest BCUT2D eigenvalue weighted by molar-refractivity contribution is 6.20. The van der Waals surface area contributed by atoms with Crippen molar-refractivity contribution >= 4 is 22.6 Å². The van der Waals surface area contributed by atoms with Crippen molar-refractivity contribution in [3.8, 4) is 0 Å². The molecule has 0 amide bonds. The molecule has 7 heteroatoms. The molecule has 0 spiro atoms. The normalized spacial score (nSPS) is 13.0. The number of rotatable bonds is 4. The fourth-order valence-electron chi connectivity index (χ4n) is 2.41. The van der Waals surface area contributed by atoms with Gasteiger partial charge < -0.3 is 9.13 Å². The van der Waals surface area contributed by atoms with Crippen molar-refractivity contribution in [3.63, 3.8) is 0 Å². The molecule has 110 valence electrons.